The van der Waals surface area contributed by atoms with E-state index in [4.69, 9.17) is 0 Å². The highest BCUT2D eigenvalue weighted by molar-refractivity contribution is 5.93. The number of alkyl halides is 6. The fraction of sp³-hybridized carbons (Fsp3) is 0.429. The van der Waals surface area contributed by atoms with Crippen molar-refractivity contribution in [2.24, 2.45) is 0 Å². The summed E-state index contributed by atoms with van der Waals surface area (Å²) in [6, 6.07) is 0.713. The molecule has 0 spiro atoms. The molecule has 1 aromatic rings. The quantitative estimate of drug-likeness (QED) is 0.826. The van der Waals surface area contributed by atoms with E-state index >= 15 is 0 Å². The van der Waals surface area contributed by atoms with Crippen molar-refractivity contribution in [1.82, 2.24) is 4.90 Å². The molecule has 1 aromatic carbocycles. The van der Waals surface area contributed by atoms with Crippen LogP contribution in [0.5, 0.6) is 0 Å². The summed E-state index contributed by atoms with van der Waals surface area (Å²) in [7, 11) is 0. The Kier molecular flexibility index (Phi) is 5.14. The first-order valence-electron chi connectivity index (χ1n) is 6.96. The fourth-order valence-corrected chi connectivity index (χ4v) is 2.14. The number of amides is 2. The molecule has 0 aromatic heterocycles. The van der Waals surface area contributed by atoms with E-state index in [2.05, 4.69) is 4.74 Å². The minimum Gasteiger partial charge on any atom is -0.447 e. The van der Waals surface area contributed by atoms with Gasteiger partial charge in [0.2, 0.25) is 5.91 Å². The molecule has 0 unspecified atom stereocenters. The SMILES string of the molecule is O=C(C[C@H](Nc1cccc(C(F)(F)F)c1)C(F)(F)F)N1CCOC1=O. The van der Waals surface area contributed by atoms with E-state index in [0.29, 0.717) is 17.0 Å². The number of ether oxygens (including phenoxy) is 1. The van der Waals surface area contributed by atoms with Crippen molar-refractivity contribution < 1.29 is 40.7 Å². The lowest BCUT2D eigenvalue weighted by Gasteiger charge is -2.24. The van der Waals surface area contributed by atoms with Crippen LogP contribution in [-0.4, -0.2) is 42.3 Å². The number of benzene rings is 1. The van der Waals surface area contributed by atoms with Crippen LogP contribution in [0.3, 0.4) is 0 Å². The van der Waals surface area contributed by atoms with E-state index in [-0.39, 0.29) is 13.2 Å². The van der Waals surface area contributed by atoms with Crippen LogP contribution >= 0.6 is 0 Å². The zero-order chi connectivity index (χ0) is 18.8. The minimum atomic E-state index is -4.92. The summed E-state index contributed by atoms with van der Waals surface area (Å²) in [6.45, 7) is -0.298. The van der Waals surface area contributed by atoms with Gasteiger partial charge in [0.1, 0.15) is 12.6 Å². The maximum absolute atomic E-state index is 13.1. The lowest BCUT2D eigenvalue weighted by atomic mass is 10.1. The largest absolute Gasteiger partial charge is 0.447 e. The summed E-state index contributed by atoms with van der Waals surface area (Å²) < 4.78 is 81.7. The number of cyclic esters (lactones) is 1. The molecular weight excluding hydrogens is 358 g/mol. The fourth-order valence-electron chi connectivity index (χ4n) is 2.14. The van der Waals surface area contributed by atoms with Crippen LogP contribution in [0.4, 0.5) is 36.8 Å². The molecule has 25 heavy (non-hydrogen) atoms. The Morgan fingerprint density at radius 3 is 2.44 bits per heavy atom. The Labute approximate surface area is 137 Å². The van der Waals surface area contributed by atoms with Crippen molar-refractivity contribution in [1.29, 1.82) is 0 Å². The van der Waals surface area contributed by atoms with Crippen LogP contribution in [0.15, 0.2) is 24.3 Å². The zero-order valence-corrected chi connectivity index (χ0v) is 12.4. The van der Waals surface area contributed by atoms with Crippen LogP contribution in [-0.2, 0) is 15.7 Å². The molecule has 1 aliphatic heterocycles. The molecule has 2 amide bonds. The number of halogens is 6. The molecule has 1 atom stereocenters. The summed E-state index contributed by atoms with van der Waals surface area (Å²) in [6.07, 6.45) is -11.9. The van der Waals surface area contributed by atoms with Gasteiger partial charge >= 0.3 is 18.4 Å². The van der Waals surface area contributed by atoms with Crippen LogP contribution in [0.1, 0.15) is 12.0 Å². The van der Waals surface area contributed by atoms with Gasteiger partial charge in [-0.3, -0.25) is 4.79 Å². The van der Waals surface area contributed by atoms with Gasteiger partial charge < -0.3 is 10.1 Å². The van der Waals surface area contributed by atoms with E-state index in [1.165, 1.54) is 0 Å². The van der Waals surface area contributed by atoms with Gasteiger partial charge in [-0.05, 0) is 18.2 Å². The molecule has 0 saturated carbocycles. The van der Waals surface area contributed by atoms with Gasteiger partial charge in [-0.25, -0.2) is 9.69 Å². The highest BCUT2D eigenvalue weighted by atomic mass is 19.4. The Morgan fingerprint density at radius 1 is 1.24 bits per heavy atom. The molecule has 138 valence electrons. The molecule has 1 fully saturated rings. The van der Waals surface area contributed by atoms with Gasteiger partial charge in [-0.15, -0.1) is 0 Å². The normalized spacial score (nSPS) is 16.6. The van der Waals surface area contributed by atoms with Gasteiger partial charge in [0, 0.05) is 5.69 Å². The first-order chi connectivity index (χ1) is 11.5. The number of carbonyl (C=O) groups is 2. The van der Waals surface area contributed by atoms with Crippen LogP contribution in [0, 0.1) is 0 Å². The first kappa shape index (κ1) is 18.9. The van der Waals surface area contributed by atoms with Crippen molar-refractivity contribution in [3.05, 3.63) is 29.8 Å². The molecule has 11 heteroatoms. The monoisotopic (exact) mass is 370 g/mol. The summed E-state index contributed by atoms with van der Waals surface area (Å²) in [5.74, 6) is -1.13. The third kappa shape index (κ3) is 4.77. The highest BCUT2D eigenvalue weighted by Gasteiger charge is 2.43. The molecule has 1 aliphatic rings. The number of imide groups is 1. The molecule has 1 heterocycles. The van der Waals surface area contributed by atoms with E-state index < -0.39 is 48.1 Å². The van der Waals surface area contributed by atoms with Crippen molar-refractivity contribution >= 4 is 17.7 Å². The molecule has 0 aliphatic carbocycles. The lowest BCUT2D eigenvalue weighted by Crippen LogP contribution is -2.42. The summed E-state index contributed by atoms with van der Waals surface area (Å²) >= 11 is 0. The minimum absolute atomic E-state index is 0.123. The second kappa shape index (κ2) is 6.81. The van der Waals surface area contributed by atoms with E-state index in [1.54, 1.807) is 0 Å². The summed E-state index contributed by atoms with van der Waals surface area (Å²) in [5.41, 5.74) is -1.58. The molecule has 5 nitrogen and oxygen atoms in total. The third-order valence-corrected chi connectivity index (χ3v) is 3.37. The average Bonchev–Trinajstić information content (AvgIpc) is 2.91. The van der Waals surface area contributed by atoms with Crippen molar-refractivity contribution in [2.45, 2.75) is 24.8 Å². The van der Waals surface area contributed by atoms with Gasteiger partial charge in [0.25, 0.3) is 0 Å². The molecule has 0 bridgehead atoms. The topological polar surface area (TPSA) is 58.6 Å². The Bertz CT molecular complexity index is 659. The maximum Gasteiger partial charge on any atom is 0.416 e. The number of anilines is 1. The summed E-state index contributed by atoms with van der Waals surface area (Å²) in [4.78, 5) is 23.6. The van der Waals surface area contributed by atoms with Gasteiger partial charge in [-0.2, -0.15) is 26.3 Å². The van der Waals surface area contributed by atoms with E-state index in [1.807, 2.05) is 5.32 Å². The second-order valence-electron chi connectivity index (χ2n) is 5.18. The van der Waals surface area contributed by atoms with E-state index in [9.17, 15) is 35.9 Å². The zero-order valence-electron chi connectivity index (χ0n) is 12.4. The number of nitrogens with one attached hydrogen (secondary N) is 1. The van der Waals surface area contributed by atoms with Gasteiger partial charge in [0.05, 0.1) is 18.5 Å². The number of carbonyl (C=O) groups excluding carboxylic acids is 2. The van der Waals surface area contributed by atoms with Crippen LogP contribution < -0.4 is 5.32 Å². The van der Waals surface area contributed by atoms with Crippen molar-refractivity contribution in [3.8, 4) is 0 Å². The molecule has 1 saturated heterocycles. The number of hydrogen-bond acceptors (Lipinski definition) is 4. The number of rotatable bonds is 4. The predicted molar refractivity (Wildman–Crippen MR) is 72.6 cm³/mol. The Morgan fingerprint density at radius 2 is 1.92 bits per heavy atom. The van der Waals surface area contributed by atoms with Crippen LogP contribution in [0.2, 0.25) is 0 Å². The predicted octanol–water partition coefficient (Wildman–Crippen LogP) is 3.42. The lowest BCUT2D eigenvalue weighted by molar-refractivity contribution is -0.153. The van der Waals surface area contributed by atoms with E-state index in [0.717, 1.165) is 12.1 Å². The van der Waals surface area contributed by atoms with Crippen molar-refractivity contribution in [3.63, 3.8) is 0 Å². The standard InChI is InChI=1S/C14H12F6N2O3/c15-13(16,17)8-2-1-3-9(6-8)21-10(14(18,19)20)7-11(23)22-4-5-25-12(22)24/h1-3,6,10,21H,4-5,7H2/t10-/m0/s1. The number of nitrogens with zero attached hydrogens (tertiary/aromatic N) is 1. The number of hydrogen-bond donors (Lipinski definition) is 1. The van der Waals surface area contributed by atoms with Crippen molar-refractivity contribution in [2.75, 3.05) is 18.5 Å². The Hall–Kier alpha value is -2.46. The smallest absolute Gasteiger partial charge is 0.416 e. The molecular formula is C14H12F6N2O3. The highest BCUT2D eigenvalue weighted by Crippen LogP contribution is 2.32. The average molecular weight is 370 g/mol. The Balaban J connectivity index is 2.16. The van der Waals surface area contributed by atoms with Gasteiger partial charge in [-0.1, -0.05) is 6.07 Å². The summed E-state index contributed by atoms with van der Waals surface area (Å²) in [5, 5.41) is 1.88. The molecule has 1 N–H and O–H groups in total. The maximum atomic E-state index is 13.1. The first-order valence-corrected chi connectivity index (χ1v) is 6.96. The third-order valence-electron chi connectivity index (χ3n) is 3.37. The molecule has 0 radical (unpaired) electrons. The molecule has 2 rings (SSSR count). The van der Waals surface area contributed by atoms with Gasteiger partial charge in [0.15, 0.2) is 0 Å². The van der Waals surface area contributed by atoms with Crippen LogP contribution in [0.25, 0.3) is 0 Å². The second-order valence-corrected chi connectivity index (χ2v) is 5.18.